The number of unbranched alkanes of at least 4 members (excludes halogenated alkanes) is 1. The first-order valence-corrected chi connectivity index (χ1v) is 8.75. The maximum atomic E-state index is 12.2. The number of likely N-dealkylation sites (tertiary alicyclic amines) is 1. The Morgan fingerprint density at radius 3 is 2.75 bits per heavy atom. The van der Waals surface area contributed by atoms with E-state index in [1.165, 1.54) is 4.90 Å². The zero-order valence-corrected chi connectivity index (χ0v) is 13.3. The number of aliphatic carboxylic acids is 1. The van der Waals surface area contributed by atoms with Crippen molar-refractivity contribution in [1.82, 2.24) is 10.2 Å². The average Bonchev–Trinajstić information content (AvgIpc) is 2.84. The molecule has 1 heterocycles. The second-order valence-corrected chi connectivity index (χ2v) is 6.26. The highest BCUT2D eigenvalue weighted by molar-refractivity contribution is 7.98. The molecular weight excluding hydrogens is 276 g/mol. The van der Waals surface area contributed by atoms with Gasteiger partial charge in [0.25, 0.3) is 0 Å². The smallest absolute Gasteiger partial charge is 0.329 e. The first-order valence-electron chi connectivity index (χ1n) is 7.36. The van der Waals surface area contributed by atoms with E-state index in [-0.39, 0.29) is 6.03 Å². The molecule has 0 radical (unpaired) electrons. The topological polar surface area (TPSA) is 69.6 Å². The molecule has 20 heavy (non-hydrogen) atoms. The van der Waals surface area contributed by atoms with Gasteiger partial charge in [0, 0.05) is 13.1 Å². The van der Waals surface area contributed by atoms with Gasteiger partial charge in [-0.05, 0) is 44.1 Å². The molecule has 2 amide bonds. The zero-order valence-electron chi connectivity index (χ0n) is 12.5. The summed E-state index contributed by atoms with van der Waals surface area (Å²) in [6.45, 7) is 3.13. The van der Waals surface area contributed by atoms with E-state index in [9.17, 15) is 14.7 Å². The van der Waals surface area contributed by atoms with E-state index in [1.54, 1.807) is 11.8 Å². The molecule has 1 aliphatic rings. The van der Waals surface area contributed by atoms with Crippen LogP contribution in [-0.4, -0.2) is 52.6 Å². The number of urea groups is 1. The van der Waals surface area contributed by atoms with Gasteiger partial charge in [-0.3, -0.25) is 0 Å². The van der Waals surface area contributed by atoms with Crippen molar-refractivity contribution in [3.63, 3.8) is 0 Å². The number of nitrogens with zero attached hydrogens (tertiary/aromatic N) is 1. The minimum absolute atomic E-state index is 0.220. The standard InChI is InChI=1S/C14H26N2O3S/c1-3-7-14(12(17)18)8-6-10-16(14)13(19)15-9-4-5-11-20-2/h3-11H2,1-2H3,(H,15,19)(H,17,18). The Morgan fingerprint density at radius 1 is 1.40 bits per heavy atom. The summed E-state index contributed by atoms with van der Waals surface area (Å²) in [4.78, 5) is 25.4. The van der Waals surface area contributed by atoms with Crippen molar-refractivity contribution >= 4 is 23.8 Å². The molecule has 0 aromatic carbocycles. The van der Waals surface area contributed by atoms with Gasteiger partial charge >= 0.3 is 12.0 Å². The Bertz CT molecular complexity index is 338. The monoisotopic (exact) mass is 302 g/mol. The van der Waals surface area contributed by atoms with Gasteiger partial charge in [0.2, 0.25) is 0 Å². The highest BCUT2D eigenvalue weighted by Gasteiger charge is 2.49. The Morgan fingerprint density at radius 2 is 2.15 bits per heavy atom. The third-order valence-electron chi connectivity index (χ3n) is 3.85. The molecule has 5 nitrogen and oxygen atoms in total. The molecule has 1 aliphatic heterocycles. The lowest BCUT2D eigenvalue weighted by Crippen LogP contribution is -2.56. The third-order valence-corrected chi connectivity index (χ3v) is 4.54. The maximum Gasteiger partial charge on any atom is 0.329 e. The maximum absolute atomic E-state index is 12.2. The molecule has 1 atom stereocenters. The summed E-state index contributed by atoms with van der Waals surface area (Å²) in [5.41, 5.74) is -0.988. The minimum Gasteiger partial charge on any atom is -0.479 e. The van der Waals surface area contributed by atoms with E-state index >= 15 is 0 Å². The second-order valence-electron chi connectivity index (χ2n) is 5.27. The van der Waals surface area contributed by atoms with Gasteiger partial charge in [-0.25, -0.2) is 9.59 Å². The van der Waals surface area contributed by atoms with Crippen molar-refractivity contribution < 1.29 is 14.7 Å². The molecule has 0 aromatic rings. The normalized spacial score (nSPS) is 22.0. The number of hydrogen-bond acceptors (Lipinski definition) is 3. The van der Waals surface area contributed by atoms with Gasteiger partial charge in [-0.1, -0.05) is 13.3 Å². The summed E-state index contributed by atoms with van der Waals surface area (Å²) in [6.07, 6.45) is 6.71. The predicted octanol–water partition coefficient (Wildman–Crippen LogP) is 2.56. The van der Waals surface area contributed by atoms with Crippen LogP contribution in [0.1, 0.15) is 45.4 Å². The van der Waals surface area contributed by atoms with Crippen LogP contribution in [0.3, 0.4) is 0 Å². The lowest BCUT2D eigenvalue weighted by atomic mass is 9.91. The lowest BCUT2D eigenvalue weighted by Gasteiger charge is -2.34. The van der Waals surface area contributed by atoms with E-state index in [0.29, 0.717) is 25.9 Å². The number of thioether (sulfide) groups is 1. The SMILES string of the molecule is CCCC1(C(=O)O)CCCN1C(=O)NCCCCSC. The van der Waals surface area contributed by atoms with E-state index in [1.807, 2.05) is 6.92 Å². The van der Waals surface area contributed by atoms with E-state index < -0.39 is 11.5 Å². The average molecular weight is 302 g/mol. The van der Waals surface area contributed by atoms with E-state index in [2.05, 4.69) is 11.6 Å². The minimum atomic E-state index is -0.988. The first-order chi connectivity index (χ1) is 9.58. The number of amides is 2. The zero-order chi connectivity index (χ0) is 15.0. The number of rotatable bonds is 8. The molecule has 1 rings (SSSR count). The fourth-order valence-electron chi connectivity index (χ4n) is 2.84. The van der Waals surface area contributed by atoms with Gasteiger partial charge in [0.15, 0.2) is 0 Å². The van der Waals surface area contributed by atoms with Crippen LogP contribution in [0.2, 0.25) is 0 Å². The molecule has 0 spiro atoms. The molecule has 0 aromatic heterocycles. The van der Waals surface area contributed by atoms with Crippen LogP contribution in [0.15, 0.2) is 0 Å². The predicted molar refractivity (Wildman–Crippen MR) is 82.2 cm³/mol. The Kier molecular flexibility index (Phi) is 7.19. The first kappa shape index (κ1) is 17.1. The van der Waals surface area contributed by atoms with E-state index in [4.69, 9.17) is 0 Å². The quantitative estimate of drug-likeness (QED) is 0.676. The number of carboxylic acids is 1. The van der Waals surface area contributed by atoms with Gasteiger partial charge in [0.05, 0.1) is 0 Å². The molecule has 1 unspecified atom stereocenters. The molecular formula is C14H26N2O3S. The molecule has 0 saturated carbocycles. The fourth-order valence-corrected chi connectivity index (χ4v) is 3.33. The van der Waals surface area contributed by atoms with Gasteiger partial charge in [0.1, 0.15) is 5.54 Å². The van der Waals surface area contributed by atoms with Crippen LogP contribution in [0.25, 0.3) is 0 Å². The molecule has 116 valence electrons. The summed E-state index contributed by atoms with van der Waals surface area (Å²) in [5, 5.41) is 12.4. The van der Waals surface area contributed by atoms with Crippen LogP contribution < -0.4 is 5.32 Å². The van der Waals surface area contributed by atoms with Crippen molar-refractivity contribution in [3.05, 3.63) is 0 Å². The van der Waals surface area contributed by atoms with Crippen LogP contribution >= 0.6 is 11.8 Å². The Hall–Kier alpha value is -0.910. The molecule has 1 fully saturated rings. The Balaban J connectivity index is 2.54. The number of carbonyl (C=O) groups is 2. The summed E-state index contributed by atoms with van der Waals surface area (Å²) >= 11 is 1.80. The van der Waals surface area contributed by atoms with Crippen molar-refractivity contribution in [2.45, 2.75) is 51.0 Å². The molecule has 0 aliphatic carbocycles. The number of nitrogens with one attached hydrogen (secondary N) is 1. The summed E-state index contributed by atoms with van der Waals surface area (Å²) in [7, 11) is 0. The summed E-state index contributed by atoms with van der Waals surface area (Å²) < 4.78 is 0. The number of carbonyl (C=O) groups excluding carboxylic acids is 1. The lowest BCUT2D eigenvalue weighted by molar-refractivity contribution is -0.148. The van der Waals surface area contributed by atoms with Gasteiger partial charge < -0.3 is 15.3 Å². The van der Waals surface area contributed by atoms with Crippen LogP contribution in [0.4, 0.5) is 4.79 Å². The van der Waals surface area contributed by atoms with Crippen molar-refractivity contribution in [2.75, 3.05) is 25.1 Å². The van der Waals surface area contributed by atoms with Crippen LogP contribution in [-0.2, 0) is 4.79 Å². The molecule has 2 N–H and O–H groups in total. The van der Waals surface area contributed by atoms with Crippen molar-refractivity contribution in [3.8, 4) is 0 Å². The molecule has 0 bridgehead atoms. The van der Waals surface area contributed by atoms with Crippen LogP contribution in [0, 0.1) is 0 Å². The van der Waals surface area contributed by atoms with E-state index in [0.717, 1.165) is 31.4 Å². The van der Waals surface area contributed by atoms with Crippen molar-refractivity contribution in [2.24, 2.45) is 0 Å². The summed E-state index contributed by atoms with van der Waals surface area (Å²) in [5.74, 6) is 0.225. The summed E-state index contributed by atoms with van der Waals surface area (Å²) in [6, 6.07) is -0.220. The fraction of sp³-hybridized carbons (Fsp3) is 0.857. The van der Waals surface area contributed by atoms with Crippen molar-refractivity contribution in [1.29, 1.82) is 0 Å². The number of carboxylic acid groups (broad SMARTS) is 1. The third kappa shape index (κ3) is 4.04. The number of hydrogen-bond donors (Lipinski definition) is 2. The van der Waals surface area contributed by atoms with Gasteiger partial charge in [-0.15, -0.1) is 0 Å². The highest BCUT2D eigenvalue weighted by atomic mass is 32.2. The largest absolute Gasteiger partial charge is 0.479 e. The molecule has 6 heteroatoms. The molecule has 1 saturated heterocycles. The van der Waals surface area contributed by atoms with Crippen LogP contribution in [0.5, 0.6) is 0 Å². The van der Waals surface area contributed by atoms with Gasteiger partial charge in [-0.2, -0.15) is 11.8 Å². The highest BCUT2D eigenvalue weighted by Crippen LogP contribution is 2.34. The Labute approximate surface area is 125 Å². The second kappa shape index (κ2) is 8.39.